The summed E-state index contributed by atoms with van der Waals surface area (Å²) in [4.78, 5) is 0. The molecule has 2 aromatic rings. The Kier molecular flexibility index (Phi) is 4.42. The van der Waals surface area contributed by atoms with Gasteiger partial charge < -0.3 is 15.2 Å². The molecule has 0 aliphatic rings. The molecule has 0 aliphatic carbocycles. The molecular weight excluding hydrogens is 238 g/mol. The molecular formula is C16H19NO2. The molecule has 0 radical (unpaired) electrons. The van der Waals surface area contributed by atoms with Gasteiger partial charge in [-0.25, -0.2) is 0 Å². The van der Waals surface area contributed by atoms with Crippen LogP contribution >= 0.6 is 0 Å². The summed E-state index contributed by atoms with van der Waals surface area (Å²) >= 11 is 0. The lowest BCUT2D eigenvalue weighted by atomic mass is 10.1. The van der Waals surface area contributed by atoms with Gasteiger partial charge in [0, 0.05) is 18.2 Å². The number of para-hydroxylation sites is 1. The highest BCUT2D eigenvalue weighted by Crippen LogP contribution is 2.29. The number of rotatable bonds is 5. The summed E-state index contributed by atoms with van der Waals surface area (Å²) < 4.78 is 5.10. The smallest absolute Gasteiger partial charge is 0.162 e. The van der Waals surface area contributed by atoms with Crippen molar-refractivity contribution in [1.29, 1.82) is 0 Å². The first-order valence-corrected chi connectivity index (χ1v) is 6.35. The fourth-order valence-corrected chi connectivity index (χ4v) is 2.00. The van der Waals surface area contributed by atoms with Gasteiger partial charge in [-0.05, 0) is 18.6 Å². The number of hydrogen-bond acceptors (Lipinski definition) is 3. The second-order valence-corrected chi connectivity index (χ2v) is 4.48. The van der Waals surface area contributed by atoms with Crippen molar-refractivity contribution in [3.05, 3.63) is 59.7 Å². The molecule has 2 rings (SSSR count). The van der Waals surface area contributed by atoms with E-state index in [2.05, 4.69) is 24.4 Å². The second-order valence-electron chi connectivity index (χ2n) is 4.48. The second kappa shape index (κ2) is 6.25. The largest absolute Gasteiger partial charge is 0.504 e. The number of nitrogens with one attached hydrogen (secondary N) is 1. The minimum atomic E-state index is 0.206. The van der Waals surface area contributed by atoms with Gasteiger partial charge in [-0.3, -0.25) is 0 Å². The molecule has 2 aromatic carbocycles. The molecule has 3 nitrogen and oxygen atoms in total. The molecule has 0 aromatic heterocycles. The van der Waals surface area contributed by atoms with Crippen molar-refractivity contribution >= 4 is 0 Å². The van der Waals surface area contributed by atoms with Gasteiger partial charge in [0.25, 0.3) is 0 Å². The van der Waals surface area contributed by atoms with Crippen LogP contribution in [0.5, 0.6) is 11.5 Å². The van der Waals surface area contributed by atoms with Crippen LogP contribution < -0.4 is 10.1 Å². The zero-order valence-corrected chi connectivity index (χ0v) is 11.3. The van der Waals surface area contributed by atoms with Crippen LogP contribution in [0, 0.1) is 0 Å². The Bertz CT molecular complexity index is 526. The lowest BCUT2D eigenvalue weighted by Crippen LogP contribution is -2.18. The van der Waals surface area contributed by atoms with E-state index in [-0.39, 0.29) is 11.8 Å². The van der Waals surface area contributed by atoms with Crippen LogP contribution in [0.3, 0.4) is 0 Å². The summed E-state index contributed by atoms with van der Waals surface area (Å²) in [6.45, 7) is 2.70. The Balaban J connectivity index is 2.03. The van der Waals surface area contributed by atoms with E-state index in [4.69, 9.17) is 4.74 Å². The predicted molar refractivity (Wildman–Crippen MR) is 76.4 cm³/mol. The molecule has 0 bridgehead atoms. The molecule has 3 heteroatoms. The van der Waals surface area contributed by atoms with Crippen molar-refractivity contribution < 1.29 is 9.84 Å². The predicted octanol–water partition coefficient (Wildman–Crippen LogP) is 3.25. The number of aromatic hydroxyl groups is 1. The highest BCUT2D eigenvalue weighted by molar-refractivity contribution is 5.45. The summed E-state index contributed by atoms with van der Waals surface area (Å²) in [7, 11) is 1.55. The Hall–Kier alpha value is -2.00. The van der Waals surface area contributed by atoms with Crippen molar-refractivity contribution in [2.45, 2.75) is 19.5 Å². The first kappa shape index (κ1) is 13.4. The summed E-state index contributed by atoms with van der Waals surface area (Å²) in [5.41, 5.74) is 2.06. The van der Waals surface area contributed by atoms with E-state index < -0.39 is 0 Å². The quantitative estimate of drug-likeness (QED) is 0.864. The van der Waals surface area contributed by atoms with Gasteiger partial charge in [-0.15, -0.1) is 0 Å². The summed E-state index contributed by atoms with van der Waals surface area (Å²) in [5, 5.41) is 13.4. The van der Waals surface area contributed by atoms with Crippen molar-refractivity contribution in [2.24, 2.45) is 0 Å². The van der Waals surface area contributed by atoms with E-state index >= 15 is 0 Å². The molecule has 1 atom stereocenters. The Morgan fingerprint density at radius 1 is 1.11 bits per heavy atom. The van der Waals surface area contributed by atoms with Gasteiger partial charge in [0.2, 0.25) is 0 Å². The molecule has 0 aliphatic heterocycles. The molecule has 0 unspecified atom stereocenters. The van der Waals surface area contributed by atoms with Crippen molar-refractivity contribution in [3.8, 4) is 11.5 Å². The lowest BCUT2D eigenvalue weighted by molar-refractivity contribution is 0.369. The number of phenolic OH excluding ortho intramolecular Hbond substituents is 1. The number of ether oxygens (including phenoxy) is 1. The Morgan fingerprint density at radius 2 is 1.84 bits per heavy atom. The molecule has 0 saturated heterocycles. The van der Waals surface area contributed by atoms with E-state index in [1.807, 2.05) is 30.3 Å². The molecule has 2 N–H and O–H groups in total. The van der Waals surface area contributed by atoms with Crippen molar-refractivity contribution in [3.63, 3.8) is 0 Å². The third-order valence-corrected chi connectivity index (χ3v) is 3.20. The van der Waals surface area contributed by atoms with Gasteiger partial charge >= 0.3 is 0 Å². The van der Waals surface area contributed by atoms with Crippen LogP contribution in [0.4, 0.5) is 0 Å². The average Bonchev–Trinajstić information content (AvgIpc) is 2.47. The molecule has 100 valence electrons. The van der Waals surface area contributed by atoms with Crippen LogP contribution in [-0.2, 0) is 6.54 Å². The molecule has 0 saturated carbocycles. The maximum absolute atomic E-state index is 10.0. The van der Waals surface area contributed by atoms with E-state index in [0.29, 0.717) is 12.3 Å². The maximum atomic E-state index is 10.0. The summed E-state index contributed by atoms with van der Waals surface area (Å²) in [6.07, 6.45) is 0. The lowest BCUT2D eigenvalue weighted by Gasteiger charge is -2.15. The summed E-state index contributed by atoms with van der Waals surface area (Å²) in [5.74, 6) is 0.712. The van der Waals surface area contributed by atoms with Crippen LogP contribution in [0.2, 0.25) is 0 Å². The SMILES string of the molecule is COc1cccc(CN[C@@H](C)c2ccccc2)c1O. The first-order chi connectivity index (χ1) is 9.22. The van der Waals surface area contributed by atoms with Gasteiger partial charge in [0.1, 0.15) is 0 Å². The topological polar surface area (TPSA) is 41.5 Å². The summed E-state index contributed by atoms with van der Waals surface area (Å²) in [6, 6.07) is 16.0. The fraction of sp³-hybridized carbons (Fsp3) is 0.250. The maximum Gasteiger partial charge on any atom is 0.162 e. The average molecular weight is 257 g/mol. The highest BCUT2D eigenvalue weighted by Gasteiger charge is 2.09. The Morgan fingerprint density at radius 3 is 2.53 bits per heavy atom. The number of methoxy groups -OCH3 is 1. The van der Waals surface area contributed by atoms with Gasteiger partial charge in [0.15, 0.2) is 11.5 Å². The van der Waals surface area contributed by atoms with Crippen molar-refractivity contribution in [2.75, 3.05) is 7.11 Å². The minimum absolute atomic E-state index is 0.206. The van der Waals surface area contributed by atoms with Gasteiger partial charge in [-0.1, -0.05) is 42.5 Å². The normalized spacial score (nSPS) is 12.1. The molecule has 0 fully saturated rings. The van der Waals surface area contributed by atoms with E-state index in [0.717, 1.165) is 5.56 Å². The minimum Gasteiger partial charge on any atom is -0.504 e. The van der Waals surface area contributed by atoms with E-state index in [1.54, 1.807) is 13.2 Å². The molecule has 19 heavy (non-hydrogen) atoms. The standard InChI is InChI=1S/C16H19NO2/c1-12(13-7-4-3-5-8-13)17-11-14-9-6-10-15(19-2)16(14)18/h3-10,12,17-18H,11H2,1-2H3/t12-/m0/s1. The van der Waals surface area contributed by atoms with Crippen LogP contribution in [-0.4, -0.2) is 12.2 Å². The number of hydrogen-bond donors (Lipinski definition) is 2. The zero-order chi connectivity index (χ0) is 13.7. The molecule has 0 amide bonds. The third kappa shape index (κ3) is 3.26. The zero-order valence-electron chi connectivity index (χ0n) is 11.3. The van der Waals surface area contributed by atoms with E-state index in [1.165, 1.54) is 5.56 Å². The van der Waals surface area contributed by atoms with Crippen LogP contribution in [0.1, 0.15) is 24.1 Å². The van der Waals surface area contributed by atoms with E-state index in [9.17, 15) is 5.11 Å². The first-order valence-electron chi connectivity index (χ1n) is 6.35. The molecule has 0 spiro atoms. The van der Waals surface area contributed by atoms with Gasteiger partial charge in [-0.2, -0.15) is 0 Å². The van der Waals surface area contributed by atoms with Crippen LogP contribution in [0.25, 0.3) is 0 Å². The Labute approximate surface area is 113 Å². The fourth-order valence-electron chi connectivity index (χ4n) is 2.00. The monoisotopic (exact) mass is 257 g/mol. The van der Waals surface area contributed by atoms with Crippen molar-refractivity contribution in [1.82, 2.24) is 5.32 Å². The highest BCUT2D eigenvalue weighted by atomic mass is 16.5. The molecule has 0 heterocycles. The number of benzene rings is 2. The number of phenols is 1. The van der Waals surface area contributed by atoms with Crippen LogP contribution in [0.15, 0.2) is 48.5 Å². The third-order valence-electron chi connectivity index (χ3n) is 3.20. The van der Waals surface area contributed by atoms with Gasteiger partial charge in [0.05, 0.1) is 7.11 Å².